The van der Waals surface area contributed by atoms with E-state index in [9.17, 15) is 4.79 Å². The zero-order valence-corrected chi connectivity index (χ0v) is 7.17. The Morgan fingerprint density at radius 1 is 1.67 bits per heavy atom. The molecule has 0 aliphatic rings. The number of aromatic nitrogens is 1. The number of carbonyl (C=O) groups is 1. The lowest BCUT2D eigenvalue weighted by molar-refractivity contribution is 0.0590. The van der Waals surface area contributed by atoms with Crippen LogP contribution in [0.2, 0.25) is 0 Å². The SMILES string of the molecule is COC(=O)c1ncccc1O.Cl. The molecule has 0 aliphatic carbocycles. The highest BCUT2D eigenvalue weighted by atomic mass is 35.5. The topological polar surface area (TPSA) is 59.4 Å². The van der Waals surface area contributed by atoms with Crippen molar-refractivity contribution in [3.8, 4) is 5.75 Å². The Hall–Kier alpha value is -1.29. The molecule has 0 bridgehead atoms. The summed E-state index contributed by atoms with van der Waals surface area (Å²) in [7, 11) is 1.23. The predicted molar refractivity (Wildman–Crippen MR) is 44.5 cm³/mol. The van der Waals surface area contributed by atoms with Gasteiger partial charge >= 0.3 is 5.97 Å². The monoisotopic (exact) mass is 189 g/mol. The van der Waals surface area contributed by atoms with E-state index in [-0.39, 0.29) is 23.9 Å². The Labute approximate surface area is 75.6 Å². The molecule has 0 radical (unpaired) electrons. The van der Waals surface area contributed by atoms with Gasteiger partial charge < -0.3 is 9.84 Å². The van der Waals surface area contributed by atoms with Crippen molar-refractivity contribution >= 4 is 18.4 Å². The van der Waals surface area contributed by atoms with E-state index in [4.69, 9.17) is 5.11 Å². The van der Waals surface area contributed by atoms with Crippen molar-refractivity contribution in [2.45, 2.75) is 0 Å². The highest BCUT2D eigenvalue weighted by molar-refractivity contribution is 5.89. The third kappa shape index (κ3) is 2.10. The molecule has 1 aromatic rings. The summed E-state index contributed by atoms with van der Waals surface area (Å²) < 4.78 is 4.36. The summed E-state index contributed by atoms with van der Waals surface area (Å²) >= 11 is 0. The molecule has 66 valence electrons. The zero-order chi connectivity index (χ0) is 8.27. The fraction of sp³-hybridized carbons (Fsp3) is 0.143. The van der Waals surface area contributed by atoms with Crippen LogP contribution in [0.5, 0.6) is 5.75 Å². The van der Waals surface area contributed by atoms with E-state index in [0.29, 0.717) is 0 Å². The quantitative estimate of drug-likeness (QED) is 0.670. The molecule has 1 N–H and O–H groups in total. The number of pyridine rings is 1. The number of hydrogen-bond acceptors (Lipinski definition) is 4. The molecule has 5 heteroatoms. The number of hydrogen-bond donors (Lipinski definition) is 1. The highest BCUT2D eigenvalue weighted by Crippen LogP contribution is 2.12. The van der Waals surface area contributed by atoms with Gasteiger partial charge in [0, 0.05) is 6.20 Å². The molecule has 0 aromatic carbocycles. The fourth-order valence-electron chi connectivity index (χ4n) is 0.651. The molecule has 0 spiro atoms. The van der Waals surface area contributed by atoms with Gasteiger partial charge in [-0.3, -0.25) is 0 Å². The van der Waals surface area contributed by atoms with Gasteiger partial charge in [-0.25, -0.2) is 9.78 Å². The normalized spacial score (nSPS) is 8.42. The summed E-state index contributed by atoms with van der Waals surface area (Å²) in [4.78, 5) is 14.4. The molecule has 1 rings (SSSR count). The molecule has 12 heavy (non-hydrogen) atoms. The minimum Gasteiger partial charge on any atom is -0.505 e. The number of carbonyl (C=O) groups excluding carboxylic acids is 1. The maximum atomic E-state index is 10.8. The van der Waals surface area contributed by atoms with Crippen molar-refractivity contribution in [3.05, 3.63) is 24.0 Å². The Morgan fingerprint density at radius 3 is 2.83 bits per heavy atom. The van der Waals surface area contributed by atoms with Crippen molar-refractivity contribution in [3.63, 3.8) is 0 Å². The summed E-state index contributed by atoms with van der Waals surface area (Å²) in [6.45, 7) is 0. The first-order chi connectivity index (χ1) is 5.25. The third-order valence-electron chi connectivity index (χ3n) is 1.17. The lowest BCUT2D eigenvalue weighted by Gasteiger charge is -1.98. The Kier molecular flexibility index (Phi) is 4.07. The second kappa shape index (κ2) is 4.56. The van der Waals surface area contributed by atoms with Gasteiger partial charge in [0.15, 0.2) is 5.69 Å². The number of ether oxygens (including phenoxy) is 1. The van der Waals surface area contributed by atoms with Crippen LogP contribution in [0.25, 0.3) is 0 Å². The molecule has 0 aliphatic heterocycles. The molecule has 0 atom stereocenters. The van der Waals surface area contributed by atoms with Crippen LogP contribution in [-0.2, 0) is 4.74 Å². The molecular formula is C7H8ClNO3. The van der Waals surface area contributed by atoms with Crippen molar-refractivity contribution < 1.29 is 14.6 Å². The second-order valence-corrected chi connectivity index (χ2v) is 1.86. The molecular weight excluding hydrogens is 182 g/mol. The van der Waals surface area contributed by atoms with E-state index < -0.39 is 5.97 Å². The molecule has 0 fully saturated rings. The molecule has 0 saturated heterocycles. The highest BCUT2D eigenvalue weighted by Gasteiger charge is 2.10. The maximum Gasteiger partial charge on any atom is 0.360 e. The molecule has 4 nitrogen and oxygen atoms in total. The van der Waals surface area contributed by atoms with Crippen LogP contribution in [0.1, 0.15) is 10.5 Å². The van der Waals surface area contributed by atoms with Crippen LogP contribution in [0.3, 0.4) is 0 Å². The average molecular weight is 190 g/mol. The van der Waals surface area contributed by atoms with Crippen molar-refractivity contribution in [1.82, 2.24) is 4.98 Å². The van der Waals surface area contributed by atoms with Gasteiger partial charge in [0.1, 0.15) is 5.75 Å². The fourth-order valence-corrected chi connectivity index (χ4v) is 0.651. The third-order valence-corrected chi connectivity index (χ3v) is 1.17. The number of methoxy groups -OCH3 is 1. The number of rotatable bonds is 1. The zero-order valence-electron chi connectivity index (χ0n) is 6.35. The summed E-state index contributed by atoms with van der Waals surface area (Å²) in [6.07, 6.45) is 1.41. The largest absolute Gasteiger partial charge is 0.505 e. The Bertz CT molecular complexity index is 277. The van der Waals surface area contributed by atoms with E-state index in [2.05, 4.69) is 9.72 Å². The van der Waals surface area contributed by atoms with Gasteiger partial charge in [-0.15, -0.1) is 12.4 Å². The Balaban J connectivity index is 0.00000121. The minimum atomic E-state index is -0.636. The summed E-state index contributed by atoms with van der Waals surface area (Å²) in [5.41, 5.74) is -0.0602. The lowest BCUT2D eigenvalue weighted by atomic mass is 10.3. The van der Waals surface area contributed by atoms with Gasteiger partial charge in [-0.1, -0.05) is 0 Å². The van der Waals surface area contributed by atoms with E-state index in [1.165, 1.54) is 25.4 Å². The van der Waals surface area contributed by atoms with Gasteiger partial charge in [0.2, 0.25) is 0 Å². The van der Waals surface area contributed by atoms with Crippen molar-refractivity contribution in [2.24, 2.45) is 0 Å². The molecule has 0 unspecified atom stereocenters. The predicted octanol–water partition coefficient (Wildman–Crippen LogP) is 0.996. The van der Waals surface area contributed by atoms with Gasteiger partial charge in [-0.05, 0) is 12.1 Å². The number of nitrogens with zero attached hydrogens (tertiary/aromatic N) is 1. The number of esters is 1. The van der Waals surface area contributed by atoms with Gasteiger partial charge in [-0.2, -0.15) is 0 Å². The maximum absolute atomic E-state index is 10.8. The second-order valence-electron chi connectivity index (χ2n) is 1.86. The molecule has 1 aromatic heterocycles. The first-order valence-corrected chi connectivity index (χ1v) is 2.98. The lowest BCUT2D eigenvalue weighted by Crippen LogP contribution is -2.03. The molecule has 1 heterocycles. The van der Waals surface area contributed by atoms with Crippen LogP contribution >= 0.6 is 12.4 Å². The summed E-state index contributed by atoms with van der Waals surface area (Å²) in [5, 5.41) is 9.05. The summed E-state index contributed by atoms with van der Waals surface area (Å²) in [5.74, 6) is -0.803. The van der Waals surface area contributed by atoms with Crippen LogP contribution in [-0.4, -0.2) is 23.2 Å². The average Bonchev–Trinajstić information content (AvgIpc) is 2.04. The molecule has 0 amide bonds. The smallest absolute Gasteiger partial charge is 0.360 e. The van der Waals surface area contributed by atoms with Crippen LogP contribution in [0.4, 0.5) is 0 Å². The van der Waals surface area contributed by atoms with Crippen molar-refractivity contribution in [2.75, 3.05) is 7.11 Å². The number of aromatic hydroxyl groups is 1. The first-order valence-electron chi connectivity index (χ1n) is 2.98. The van der Waals surface area contributed by atoms with Gasteiger partial charge in [0.25, 0.3) is 0 Å². The van der Waals surface area contributed by atoms with E-state index in [1.54, 1.807) is 0 Å². The van der Waals surface area contributed by atoms with E-state index >= 15 is 0 Å². The van der Waals surface area contributed by atoms with Gasteiger partial charge in [0.05, 0.1) is 7.11 Å². The van der Waals surface area contributed by atoms with Crippen molar-refractivity contribution in [1.29, 1.82) is 0 Å². The Morgan fingerprint density at radius 2 is 2.33 bits per heavy atom. The van der Waals surface area contributed by atoms with E-state index in [0.717, 1.165) is 0 Å². The van der Waals surface area contributed by atoms with Crippen LogP contribution in [0.15, 0.2) is 18.3 Å². The first kappa shape index (κ1) is 10.7. The number of halogens is 1. The standard InChI is InChI=1S/C7H7NO3.ClH/c1-11-7(10)6-5(9)3-2-4-8-6;/h2-4,9H,1H3;1H. The molecule has 0 saturated carbocycles. The van der Waals surface area contributed by atoms with Crippen LogP contribution < -0.4 is 0 Å². The van der Waals surface area contributed by atoms with E-state index in [1.807, 2.05) is 0 Å². The summed E-state index contributed by atoms with van der Waals surface area (Å²) in [6, 6.07) is 2.90. The minimum absolute atomic E-state index is 0. The van der Waals surface area contributed by atoms with Crippen LogP contribution in [0, 0.1) is 0 Å².